The van der Waals surface area contributed by atoms with Gasteiger partial charge in [0, 0.05) is 29.7 Å². The van der Waals surface area contributed by atoms with Crippen LogP contribution >= 0.6 is 11.8 Å². The van der Waals surface area contributed by atoms with E-state index in [9.17, 15) is 4.79 Å². The molecule has 0 bridgehead atoms. The van der Waals surface area contributed by atoms with Gasteiger partial charge in [-0.25, -0.2) is 0 Å². The van der Waals surface area contributed by atoms with Gasteiger partial charge in [-0.3, -0.25) is 9.78 Å². The van der Waals surface area contributed by atoms with E-state index in [-0.39, 0.29) is 10.7 Å². The second-order valence-corrected chi connectivity index (χ2v) is 6.64. The molecule has 110 valence electrons. The SMILES string of the molecule is CCCNc1cc(C)ncc1C(=O)NCC1(SC)CC1. The first-order valence-electron chi connectivity index (χ1n) is 7.14. The maximum absolute atomic E-state index is 12.3. The molecule has 1 saturated carbocycles. The van der Waals surface area contributed by atoms with Gasteiger partial charge in [0.15, 0.2) is 0 Å². The summed E-state index contributed by atoms with van der Waals surface area (Å²) in [5.41, 5.74) is 2.44. The highest BCUT2D eigenvalue weighted by molar-refractivity contribution is 8.00. The van der Waals surface area contributed by atoms with Gasteiger partial charge in [-0.1, -0.05) is 6.92 Å². The minimum absolute atomic E-state index is 0.0311. The van der Waals surface area contributed by atoms with Crippen LogP contribution in [-0.4, -0.2) is 35.0 Å². The van der Waals surface area contributed by atoms with Crippen molar-refractivity contribution in [1.82, 2.24) is 10.3 Å². The summed E-state index contributed by atoms with van der Waals surface area (Å²) >= 11 is 1.85. The Hall–Kier alpha value is -1.23. The van der Waals surface area contributed by atoms with Crippen LogP contribution in [0.2, 0.25) is 0 Å². The molecular formula is C15H23N3OS. The normalized spacial score (nSPS) is 15.8. The number of thioether (sulfide) groups is 1. The van der Waals surface area contributed by atoms with Crippen LogP contribution in [0.5, 0.6) is 0 Å². The van der Waals surface area contributed by atoms with Crippen LogP contribution in [0.15, 0.2) is 12.3 Å². The summed E-state index contributed by atoms with van der Waals surface area (Å²) in [6.07, 6.45) is 7.20. The van der Waals surface area contributed by atoms with Gasteiger partial charge in [0.05, 0.1) is 11.3 Å². The minimum atomic E-state index is -0.0311. The zero-order chi connectivity index (χ0) is 14.6. The molecule has 0 aromatic carbocycles. The number of amides is 1. The lowest BCUT2D eigenvalue weighted by Crippen LogP contribution is -2.32. The van der Waals surface area contributed by atoms with Crippen LogP contribution in [0.3, 0.4) is 0 Å². The van der Waals surface area contributed by atoms with Gasteiger partial charge in [-0.05, 0) is 38.5 Å². The van der Waals surface area contributed by atoms with Gasteiger partial charge in [0.25, 0.3) is 5.91 Å². The predicted molar refractivity (Wildman–Crippen MR) is 85.6 cm³/mol. The average molecular weight is 293 g/mol. The minimum Gasteiger partial charge on any atom is -0.384 e. The summed E-state index contributed by atoms with van der Waals surface area (Å²) in [6, 6.07) is 1.94. The lowest BCUT2D eigenvalue weighted by molar-refractivity contribution is 0.0953. The second-order valence-electron chi connectivity index (χ2n) is 5.37. The van der Waals surface area contributed by atoms with E-state index in [2.05, 4.69) is 28.8 Å². The quantitative estimate of drug-likeness (QED) is 0.811. The Bertz CT molecular complexity index is 486. The van der Waals surface area contributed by atoms with E-state index >= 15 is 0 Å². The molecule has 1 amide bonds. The topological polar surface area (TPSA) is 54.0 Å². The zero-order valence-corrected chi connectivity index (χ0v) is 13.3. The van der Waals surface area contributed by atoms with Crippen molar-refractivity contribution in [1.29, 1.82) is 0 Å². The van der Waals surface area contributed by atoms with Crippen molar-refractivity contribution in [3.63, 3.8) is 0 Å². The van der Waals surface area contributed by atoms with E-state index in [0.717, 1.165) is 30.9 Å². The Labute approximate surface area is 125 Å². The summed E-state index contributed by atoms with van der Waals surface area (Å²) < 4.78 is 0.283. The predicted octanol–water partition coefficient (Wildman–Crippen LogP) is 2.84. The third kappa shape index (κ3) is 3.66. The number of hydrogen-bond donors (Lipinski definition) is 2. The van der Waals surface area contributed by atoms with Crippen molar-refractivity contribution in [2.75, 3.05) is 24.7 Å². The summed E-state index contributed by atoms with van der Waals surface area (Å²) in [5.74, 6) is -0.0311. The van der Waals surface area contributed by atoms with Crippen molar-refractivity contribution in [3.8, 4) is 0 Å². The molecule has 0 aliphatic heterocycles. The Morgan fingerprint density at radius 3 is 2.85 bits per heavy atom. The van der Waals surface area contributed by atoms with Crippen LogP contribution < -0.4 is 10.6 Å². The van der Waals surface area contributed by atoms with E-state index in [0.29, 0.717) is 5.56 Å². The van der Waals surface area contributed by atoms with Crippen molar-refractivity contribution in [3.05, 3.63) is 23.5 Å². The smallest absolute Gasteiger partial charge is 0.255 e. The van der Waals surface area contributed by atoms with Gasteiger partial charge >= 0.3 is 0 Å². The molecule has 4 nitrogen and oxygen atoms in total. The lowest BCUT2D eigenvalue weighted by atomic mass is 10.2. The van der Waals surface area contributed by atoms with Gasteiger partial charge in [0.1, 0.15) is 0 Å². The van der Waals surface area contributed by atoms with Gasteiger partial charge < -0.3 is 10.6 Å². The lowest BCUT2D eigenvalue weighted by Gasteiger charge is -2.15. The summed E-state index contributed by atoms with van der Waals surface area (Å²) in [6.45, 7) is 5.65. The number of anilines is 1. The Morgan fingerprint density at radius 1 is 1.50 bits per heavy atom. The number of rotatable bonds is 7. The molecular weight excluding hydrogens is 270 g/mol. The molecule has 0 spiro atoms. The van der Waals surface area contributed by atoms with E-state index in [4.69, 9.17) is 0 Å². The highest BCUT2D eigenvalue weighted by atomic mass is 32.2. The maximum atomic E-state index is 12.3. The highest BCUT2D eigenvalue weighted by Gasteiger charge is 2.42. The first kappa shape index (κ1) is 15.2. The number of pyridine rings is 1. The van der Waals surface area contributed by atoms with Crippen LogP contribution in [0.25, 0.3) is 0 Å². The molecule has 0 unspecified atom stereocenters. The van der Waals surface area contributed by atoms with Crippen LogP contribution in [0, 0.1) is 6.92 Å². The highest BCUT2D eigenvalue weighted by Crippen LogP contribution is 2.46. The monoisotopic (exact) mass is 293 g/mol. The Kier molecular flexibility index (Phi) is 4.91. The molecule has 2 rings (SSSR count). The first-order valence-corrected chi connectivity index (χ1v) is 8.36. The summed E-state index contributed by atoms with van der Waals surface area (Å²) in [5, 5.41) is 6.35. The molecule has 5 heteroatoms. The number of aromatic nitrogens is 1. The number of carbonyl (C=O) groups excluding carboxylic acids is 1. The van der Waals surface area contributed by atoms with Crippen LogP contribution in [0.1, 0.15) is 42.2 Å². The summed E-state index contributed by atoms with van der Waals surface area (Å²) in [4.78, 5) is 16.6. The zero-order valence-electron chi connectivity index (χ0n) is 12.5. The molecule has 1 fully saturated rings. The largest absolute Gasteiger partial charge is 0.384 e. The molecule has 2 N–H and O–H groups in total. The fourth-order valence-corrected chi connectivity index (χ4v) is 2.80. The van der Waals surface area contributed by atoms with E-state index in [1.807, 2.05) is 24.8 Å². The van der Waals surface area contributed by atoms with Gasteiger partial charge in [-0.2, -0.15) is 11.8 Å². The summed E-state index contributed by atoms with van der Waals surface area (Å²) in [7, 11) is 0. The molecule has 1 aliphatic rings. The van der Waals surface area contributed by atoms with Crippen LogP contribution in [0.4, 0.5) is 5.69 Å². The standard InChI is InChI=1S/C15H23N3OS/c1-4-7-16-13-8-11(2)17-9-12(13)14(19)18-10-15(20-3)5-6-15/h8-9H,4-7,10H2,1-3H3,(H,16,17)(H,18,19). The van der Waals surface area contributed by atoms with Crippen LogP contribution in [-0.2, 0) is 0 Å². The number of hydrogen-bond acceptors (Lipinski definition) is 4. The van der Waals surface area contributed by atoms with E-state index in [1.165, 1.54) is 12.8 Å². The average Bonchev–Trinajstić information content (AvgIpc) is 3.23. The molecule has 1 aromatic rings. The molecule has 1 aliphatic carbocycles. The fraction of sp³-hybridized carbons (Fsp3) is 0.600. The Balaban J connectivity index is 2.04. The van der Waals surface area contributed by atoms with Crippen molar-refractivity contribution < 1.29 is 4.79 Å². The van der Waals surface area contributed by atoms with E-state index in [1.54, 1.807) is 6.20 Å². The van der Waals surface area contributed by atoms with Gasteiger partial charge in [0.2, 0.25) is 0 Å². The number of nitrogens with one attached hydrogen (secondary N) is 2. The molecule has 1 aromatic heterocycles. The molecule has 20 heavy (non-hydrogen) atoms. The fourth-order valence-electron chi connectivity index (χ4n) is 2.08. The maximum Gasteiger partial charge on any atom is 0.255 e. The molecule has 1 heterocycles. The number of aryl methyl sites for hydroxylation is 1. The second kappa shape index (κ2) is 6.48. The van der Waals surface area contributed by atoms with Gasteiger partial charge in [-0.15, -0.1) is 0 Å². The molecule has 0 atom stereocenters. The number of carbonyl (C=O) groups is 1. The van der Waals surface area contributed by atoms with Crippen molar-refractivity contribution in [2.45, 2.75) is 37.9 Å². The third-order valence-electron chi connectivity index (χ3n) is 3.66. The first-order chi connectivity index (χ1) is 9.60. The Morgan fingerprint density at radius 2 is 2.25 bits per heavy atom. The van der Waals surface area contributed by atoms with E-state index < -0.39 is 0 Å². The third-order valence-corrected chi connectivity index (χ3v) is 5.08. The molecule has 0 saturated heterocycles. The van der Waals surface area contributed by atoms with Crippen molar-refractivity contribution >= 4 is 23.4 Å². The molecule has 0 radical (unpaired) electrons. The number of nitrogens with zero attached hydrogens (tertiary/aromatic N) is 1. The van der Waals surface area contributed by atoms with Crippen molar-refractivity contribution in [2.24, 2.45) is 0 Å².